The van der Waals surface area contributed by atoms with Crippen molar-refractivity contribution in [3.63, 3.8) is 0 Å². The minimum atomic E-state index is -2.04. The van der Waals surface area contributed by atoms with Gasteiger partial charge in [-0.25, -0.2) is 0 Å². The fraction of sp³-hybridized carbons (Fsp3) is 0.333. The molecule has 118 valence electrons. The second kappa shape index (κ2) is 6.58. The zero-order valence-corrected chi connectivity index (χ0v) is 15.0. The number of benzene rings is 2. The van der Waals surface area contributed by atoms with Crippen molar-refractivity contribution in [2.45, 2.75) is 27.7 Å². The normalized spacial score (nSPS) is 10.9. The highest BCUT2D eigenvalue weighted by molar-refractivity contribution is 7.61. The predicted octanol–water partition coefficient (Wildman–Crippen LogP) is 3.45. The van der Waals surface area contributed by atoms with Gasteiger partial charge in [-0.1, -0.05) is 0 Å². The molecule has 0 heterocycles. The summed E-state index contributed by atoms with van der Waals surface area (Å²) in [6, 6.07) is 7.84. The van der Waals surface area contributed by atoms with Crippen molar-refractivity contribution < 1.29 is 14.0 Å². The Bertz CT molecular complexity index is 628. The average molecular weight is 318 g/mol. The van der Waals surface area contributed by atoms with Crippen molar-refractivity contribution in [1.29, 1.82) is 0 Å². The van der Waals surface area contributed by atoms with Gasteiger partial charge in [-0.2, -0.15) is 0 Å². The van der Waals surface area contributed by atoms with Crippen LogP contribution in [-0.2, 0) is 4.57 Å². The van der Waals surface area contributed by atoms with E-state index >= 15 is 0 Å². The van der Waals surface area contributed by atoms with Crippen LogP contribution in [0.2, 0.25) is 0 Å². The lowest BCUT2D eigenvalue weighted by Gasteiger charge is -2.14. The number of hydrogen-bond donors (Lipinski definition) is 0. The van der Waals surface area contributed by atoms with E-state index in [9.17, 15) is 4.57 Å². The van der Waals surface area contributed by atoms with Crippen LogP contribution in [0.1, 0.15) is 22.3 Å². The van der Waals surface area contributed by atoms with Crippen molar-refractivity contribution in [2.75, 3.05) is 14.2 Å². The van der Waals surface area contributed by atoms with Crippen LogP contribution in [0.3, 0.4) is 0 Å². The van der Waals surface area contributed by atoms with Gasteiger partial charge in [0.25, 0.3) is 0 Å². The van der Waals surface area contributed by atoms with Gasteiger partial charge in [0.05, 0.1) is 14.2 Å². The molecule has 22 heavy (non-hydrogen) atoms. The highest BCUT2D eigenvalue weighted by Gasteiger charge is 2.14. The third-order valence-electron chi connectivity index (χ3n) is 3.85. The van der Waals surface area contributed by atoms with Gasteiger partial charge in [0.15, 0.2) is 0 Å². The molecule has 0 aliphatic carbocycles. The summed E-state index contributed by atoms with van der Waals surface area (Å²) in [5, 5.41) is 1.73. The Morgan fingerprint density at radius 1 is 0.682 bits per heavy atom. The van der Waals surface area contributed by atoms with E-state index in [4.69, 9.17) is 9.47 Å². The molecule has 3 nitrogen and oxygen atoms in total. The maximum Gasteiger partial charge on any atom is 0.131 e. The number of ether oxygens (including phenoxy) is 2. The Morgan fingerprint density at radius 3 is 1.18 bits per heavy atom. The first-order valence-electron chi connectivity index (χ1n) is 7.24. The standard InChI is InChI=1S/C18H23O3P/c1-11-7-15(8-12(2)17(11)20-5)22(19)16-9-13(3)18(21-6)14(4)10-16/h7-10,22H,1-6H3. The first kappa shape index (κ1) is 16.6. The van der Waals surface area contributed by atoms with Crippen LogP contribution in [0.5, 0.6) is 11.5 Å². The van der Waals surface area contributed by atoms with E-state index in [0.717, 1.165) is 44.4 Å². The molecule has 0 saturated carbocycles. The Balaban J connectivity index is 2.49. The fourth-order valence-corrected chi connectivity index (χ4v) is 4.70. The highest BCUT2D eigenvalue weighted by Crippen LogP contribution is 2.30. The van der Waals surface area contributed by atoms with Crippen LogP contribution in [0.25, 0.3) is 0 Å². The molecule has 0 atom stereocenters. The summed E-state index contributed by atoms with van der Waals surface area (Å²) < 4.78 is 23.7. The van der Waals surface area contributed by atoms with Gasteiger partial charge in [0.2, 0.25) is 0 Å². The van der Waals surface area contributed by atoms with Crippen molar-refractivity contribution in [2.24, 2.45) is 0 Å². The fourth-order valence-electron chi connectivity index (χ4n) is 2.97. The lowest BCUT2D eigenvalue weighted by Crippen LogP contribution is -2.10. The first-order valence-corrected chi connectivity index (χ1v) is 8.65. The summed E-state index contributed by atoms with van der Waals surface area (Å²) in [6.45, 7) is 7.92. The van der Waals surface area contributed by atoms with Crippen LogP contribution in [0.15, 0.2) is 24.3 Å². The summed E-state index contributed by atoms with van der Waals surface area (Å²) in [4.78, 5) is 0. The molecular formula is C18H23O3P. The minimum Gasteiger partial charge on any atom is -0.496 e. The largest absolute Gasteiger partial charge is 0.496 e. The van der Waals surface area contributed by atoms with E-state index in [1.807, 2.05) is 52.0 Å². The Morgan fingerprint density at radius 2 is 0.955 bits per heavy atom. The molecule has 0 radical (unpaired) electrons. The van der Waals surface area contributed by atoms with E-state index < -0.39 is 7.80 Å². The summed E-state index contributed by atoms with van der Waals surface area (Å²) >= 11 is 0. The Labute approximate surface area is 133 Å². The van der Waals surface area contributed by atoms with Crippen LogP contribution >= 0.6 is 7.80 Å². The summed E-state index contributed by atoms with van der Waals surface area (Å²) in [7, 11) is 1.28. The van der Waals surface area contributed by atoms with Gasteiger partial charge in [0, 0.05) is 10.6 Å². The maximum absolute atomic E-state index is 13.0. The molecule has 4 heteroatoms. The van der Waals surface area contributed by atoms with Crippen molar-refractivity contribution in [3.8, 4) is 11.5 Å². The highest BCUT2D eigenvalue weighted by atomic mass is 31.1. The van der Waals surface area contributed by atoms with Crippen molar-refractivity contribution in [1.82, 2.24) is 0 Å². The molecule has 0 aromatic heterocycles. The molecule has 0 spiro atoms. The summed E-state index contributed by atoms with van der Waals surface area (Å²) in [6.07, 6.45) is 0. The van der Waals surface area contributed by atoms with Gasteiger partial charge in [0.1, 0.15) is 19.3 Å². The first-order chi connectivity index (χ1) is 10.4. The van der Waals surface area contributed by atoms with Crippen molar-refractivity contribution in [3.05, 3.63) is 46.5 Å². The molecule has 0 amide bonds. The Kier molecular flexibility index (Phi) is 4.97. The lowest BCUT2D eigenvalue weighted by molar-refractivity contribution is 0.408. The van der Waals surface area contributed by atoms with Crippen molar-refractivity contribution >= 4 is 18.4 Å². The van der Waals surface area contributed by atoms with E-state index in [1.54, 1.807) is 14.2 Å². The molecule has 0 aliphatic heterocycles. The monoisotopic (exact) mass is 318 g/mol. The van der Waals surface area contributed by atoms with Crippen LogP contribution in [-0.4, -0.2) is 14.2 Å². The molecule has 0 aliphatic rings. The van der Waals surface area contributed by atoms with E-state index in [1.165, 1.54) is 0 Å². The van der Waals surface area contributed by atoms with Crippen LogP contribution in [0, 0.1) is 27.7 Å². The molecule has 0 unspecified atom stereocenters. The van der Waals surface area contributed by atoms with E-state index in [-0.39, 0.29) is 0 Å². The number of hydrogen-bond acceptors (Lipinski definition) is 3. The third kappa shape index (κ3) is 3.05. The molecule has 0 N–H and O–H groups in total. The molecule has 0 fully saturated rings. The predicted molar refractivity (Wildman–Crippen MR) is 93.2 cm³/mol. The van der Waals surface area contributed by atoms with Crippen LogP contribution < -0.4 is 20.1 Å². The SMILES string of the molecule is COc1c(C)cc([PH](=O)c2cc(C)c(OC)c(C)c2)cc1C. The second-order valence-electron chi connectivity index (χ2n) is 5.62. The van der Waals surface area contributed by atoms with Gasteiger partial charge in [-0.05, 0) is 74.2 Å². The van der Waals surface area contributed by atoms with Gasteiger partial charge in [-0.3, -0.25) is 0 Å². The van der Waals surface area contributed by atoms with Crippen LogP contribution in [0.4, 0.5) is 0 Å². The number of rotatable bonds is 4. The zero-order valence-electron chi connectivity index (χ0n) is 14.0. The molecule has 0 saturated heterocycles. The number of aryl methyl sites for hydroxylation is 4. The second-order valence-corrected chi connectivity index (χ2v) is 7.43. The maximum atomic E-state index is 13.0. The number of methoxy groups -OCH3 is 2. The van der Waals surface area contributed by atoms with Gasteiger partial charge in [-0.15, -0.1) is 0 Å². The molecule has 2 rings (SSSR count). The Hall–Kier alpha value is -1.73. The topological polar surface area (TPSA) is 35.5 Å². The molecule has 2 aromatic carbocycles. The lowest BCUT2D eigenvalue weighted by atomic mass is 10.1. The quantitative estimate of drug-likeness (QED) is 0.810. The van der Waals surface area contributed by atoms with E-state index in [0.29, 0.717) is 0 Å². The zero-order chi connectivity index (χ0) is 16.4. The average Bonchev–Trinajstić information content (AvgIpc) is 2.45. The molecule has 2 aromatic rings. The van der Waals surface area contributed by atoms with Gasteiger partial charge >= 0.3 is 0 Å². The smallest absolute Gasteiger partial charge is 0.131 e. The minimum absolute atomic E-state index is 0.862. The van der Waals surface area contributed by atoms with E-state index in [2.05, 4.69) is 0 Å². The molecular weight excluding hydrogens is 295 g/mol. The van der Waals surface area contributed by atoms with Gasteiger partial charge < -0.3 is 14.0 Å². The third-order valence-corrected chi connectivity index (χ3v) is 5.48. The summed E-state index contributed by atoms with van der Waals surface area (Å²) in [5.41, 5.74) is 4.05. The summed E-state index contributed by atoms with van der Waals surface area (Å²) in [5.74, 6) is 1.72. The molecule has 0 bridgehead atoms.